The van der Waals surface area contributed by atoms with E-state index in [-0.39, 0.29) is 17.0 Å². The minimum atomic E-state index is -3.86. The third kappa shape index (κ3) is 3.37. The number of anilines is 1. The second-order valence-corrected chi connectivity index (χ2v) is 7.91. The van der Waals surface area contributed by atoms with Gasteiger partial charge in [-0.3, -0.25) is 18.5 Å². The molecule has 0 saturated carbocycles. The number of fused-ring (bicyclic) bond motifs is 1. The summed E-state index contributed by atoms with van der Waals surface area (Å²) in [5, 5.41) is 0. The van der Waals surface area contributed by atoms with E-state index in [9.17, 15) is 13.2 Å². The summed E-state index contributed by atoms with van der Waals surface area (Å²) in [5.41, 5.74) is 0.977. The fourth-order valence-electron chi connectivity index (χ4n) is 2.88. The van der Waals surface area contributed by atoms with E-state index >= 15 is 0 Å². The quantitative estimate of drug-likeness (QED) is 0.521. The smallest absolute Gasteiger partial charge is 0.264 e. The van der Waals surface area contributed by atoms with Crippen LogP contribution in [-0.4, -0.2) is 22.8 Å². The second-order valence-electron chi connectivity index (χ2n) is 6.04. The van der Waals surface area contributed by atoms with Crippen molar-refractivity contribution in [1.82, 2.24) is 14.4 Å². The molecule has 4 aromatic rings. The fourth-order valence-corrected chi connectivity index (χ4v) is 4.33. The number of sulfonamides is 1. The minimum Gasteiger partial charge on any atom is -0.269 e. The molecule has 0 saturated heterocycles. The van der Waals surface area contributed by atoms with Crippen molar-refractivity contribution in [2.24, 2.45) is 0 Å². The van der Waals surface area contributed by atoms with E-state index in [0.29, 0.717) is 17.0 Å². The minimum absolute atomic E-state index is 0.0815. The number of benzene rings is 1. The van der Waals surface area contributed by atoms with Crippen LogP contribution in [0.4, 0.5) is 5.69 Å². The standard InChI is InChI=1S/C20H16N4O3S/c25-20-14-16(22-19-8-4-5-13-23(19)20)15-24(17-9-11-21-12-10-17)28(26,27)18-6-2-1-3-7-18/h1-14H,15H2. The zero-order valence-corrected chi connectivity index (χ0v) is 15.5. The summed E-state index contributed by atoms with van der Waals surface area (Å²) in [4.78, 5) is 20.9. The first kappa shape index (κ1) is 17.9. The fraction of sp³-hybridized carbons (Fsp3) is 0.0500. The molecule has 28 heavy (non-hydrogen) atoms. The maximum atomic E-state index is 13.3. The molecule has 7 nitrogen and oxygen atoms in total. The van der Waals surface area contributed by atoms with E-state index in [1.807, 2.05) is 0 Å². The molecule has 140 valence electrons. The molecule has 0 aliphatic heterocycles. The molecule has 0 aliphatic rings. The Morgan fingerprint density at radius 3 is 2.39 bits per heavy atom. The van der Waals surface area contributed by atoms with Gasteiger partial charge in [0.2, 0.25) is 0 Å². The van der Waals surface area contributed by atoms with Crippen LogP contribution in [0.25, 0.3) is 5.65 Å². The van der Waals surface area contributed by atoms with Gasteiger partial charge in [-0.25, -0.2) is 13.4 Å². The summed E-state index contributed by atoms with van der Waals surface area (Å²) < 4.78 is 29.2. The molecular formula is C20H16N4O3S. The first-order valence-electron chi connectivity index (χ1n) is 8.51. The largest absolute Gasteiger partial charge is 0.269 e. The number of aromatic nitrogens is 3. The van der Waals surface area contributed by atoms with Crippen LogP contribution in [0, 0.1) is 0 Å². The van der Waals surface area contributed by atoms with Crippen LogP contribution in [0.1, 0.15) is 5.69 Å². The molecular weight excluding hydrogens is 376 g/mol. The Morgan fingerprint density at radius 2 is 1.64 bits per heavy atom. The van der Waals surface area contributed by atoms with Gasteiger partial charge in [-0.2, -0.15) is 0 Å². The molecule has 0 spiro atoms. The Hall–Kier alpha value is -3.52. The van der Waals surface area contributed by atoms with Crippen molar-refractivity contribution in [3.05, 3.63) is 101 Å². The number of rotatable bonds is 5. The monoisotopic (exact) mass is 392 g/mol. The van der Waals surface area contributed by atoms with Crippen molar-refractivity contribution in [3.8, 4) is 0 Å². The lowest BCUT2D eigenvalue weighted by Gasteiger charge is -2.24. The normalized spacial score (nSPS) is 11.4. The third-order valence-electron chi connectivity index (χ3n) is 4.21. The van der Waals surface area contributed by atoms with E-state index in [4.69, 9.17) is 0 Å². The van der Waals surface area contributed by atoms with Crippen molar-refractivity contribution in [2.45, 2.75) is 11.4 Å². The zero-order valence-electron chi connectivity index (χ0n) is 14.7. The van der Waals surface area contributed by atoms with Gasteiger partial charge in [0.05, 0.1) is 22.8 Å². The average molecular weight is 392 g/mol. The number of pyridine rings is 2. The SMILES string of the molecule is O=c1cc(CN(c2ccncc2)S(=O)(=O)c2ccccc2)nc2ccccn12. The average Bonchev–Trinajstić information content (AvgIpc) is 2.73. The van der Waals surface area contributed by atoms with E-state index < -0.39 is 10.0 Å². The van der Waals surface area contributed by atoms with Gasteiger partial charge in [0.25, 0.3) is 15.6 Å². The Kier molecular flexibility index (Phi) is 4.62. The highest BCUT2D eigenvalue weighted by Gasteiger charge is 2.25. The highest BCUT2D eigenvalue weighted by atomic mass is 32.2. The molecule has 0 radical (unpaired) electrons. The summed E-state index contributed by atoms with van der Waals surface area (Å²) in [6, 6.07) is 17.9. The molecule has 0 N–H and O–H groups in total. The molecule has 1 aromatic carbocycles. The predicted molar refractivity (Wildman–Crippen MR) is 106 cm³/mol. The van der Waals surface area contributed by atoms with Crippen molar-refractivity contribution in [3.63, 3.8) is 0 Å². The van der Waals surface area contributed by atoms with Crippen LogP contribution in [0.5, 0.6) is 0 Å². The van der Waals surface area contributed by atoms with Crippen LogP contribution in [0.3, 0.4) is 0 Å². The molecule has 8 heteroatoms. The molecule has 0 bridgehead atoms. The molecule has 3 heterocycles. The Balaban J connectivity index is 1.83. The van der Waals surface area contributed by atoms with Crippen LogP contribution in [0.15, 0.2) is 95.0 Å². The van der Waals surface area contributed by atoms with Crippen molar-refractivity contribution < 1.29 is 8.42 Å². The van der Waals surface area contributed by atoms with Gasteiger partial charge in [-0.1, -0.05) is 24.3 Å². The van der Waals surface area contributed by atoms with Crippen molar-refractivity contribution in [2.75, 3.05) is 4.31 Å². The maximum absolute atomic E-state index is 13.3. The molecule has 0 atom stereocenters. The van der Waals surface area contributed by atoms with E-state index in [1.165, 1.54) is 39.3 Å². The Bertz CT molecular complexity index is 1270. The highest BCUT2D eigenvalue weighted by molar-refractivity contribution is 7.92. The maximum Gasteiger partial charge on any atom is 0.264 e. The van der Waals surface area contributed by atoms with Gasteiger partial charge in [0, 0.05) is 24.7 Å². The first-order valence-corrected chi connectivity index (χ1v) is 9.95. The zero-order chi connectivity index (χ0) is 19.6. The summed E-state index contributed by atoms with van der Waals surface area (Å²) in [6.45, 7) is -0.0815. The van der Waals surface area contributed by atoms with E-state index in [2.05, 4.69) is 9.97 Å². The van der Waals surface area contributed by atoms with Gasteiger partial charge in [0.1, 0.15) is 5.65 Å². The Morgan fingerprint density at radius 1 is 0.929 bits per heavy atom. The lowest BCUT2D eigenvalue weighted by molar-refractivity contribution is 0.590. The molecule has 0 aliphatic carbocycles. The topological polar surface area (TPSA) is 84.6 Å². The summed E-state index contributed by atoms with van der Waals surface area (Å²) in [7, 11) is -3.86. The summed E-state index contributed by atoms with van der Waals surface area (Å²) in [6.07, 6.45) is 4.66. The van der Waals surface area contributed by atoms with E-state index in [1.54, 1.807) is 54.7 Å². The van der Waals surface area contributed by atoms with Gasteiger partial charge < -0.3 is 0 Å². The lowest BCUT2D eigenvalue weighted by Crippen LogP contribution is -2.31. The highest BCUT2D eigenvalue weighted by Crippen LogP contribution is 2.24. The predicted octanol–water partition coefficient (Wildman–Crippen LogP) is 2.49. The summed E-state index contributed by atoms with van der Waals surface area (Å²) >= 11 is 0. The summed E-state index contributed by atoms with van der Waals surface area (Å²) in [5.74, 6) is 0. The van der Waals surface area contributed by atoms with Crippen molar-refractivity contribution >= 4 is 21.4 Å². The number of nitrogens with zero attached hydrogens (tertiary/aromatic N) is 4. The van der Waals surface area contributed by atoms with Crippen LogP contribution < -0.4 is 9.86 Å². The van der Waals surface area contributed by atoms with Gasteiger partial charge in [0.15, 0.2) is 0 Å². The van der Waals surface area contributed by atoms with E-state index in [0.717, 1.165) is 0 Å². The molecule has 0 unspecified atom stereocenters. The molecule has 3 aromatic heterocycles. The van der Waals surface area contributed by atoms with Crippen LogP contribution in [0.2, 0.25) is 0 Å². The number of hydrogen-bond donors (Lipinski definition) is 0. The second kappa shape index (κ2) is 7.24. The van der Waals surface area contributed by atoms with Gasteiger partial charge in [-0.05, 0) is 36.4 Å². The molecule has 0 fully saturated rings. The lowest BCUT2D eigenvalue weighted by atomic mass is 10.3. The third-order valence-corrected chi connectivity index (χ3v) is 6.00. The van der Waals surface area contributed by atoms with Gasteiger partial charge >= 0.3 is 0 Å². The molecule has 0 amide bonds. The van der Waals surface area contributed by atoms with Crippen molar-refractivity contribution in [1.29, 1.82) is 0 Å². The first-order chi connectivity index (χ1) is 13.6. The molecule has 4 rings (SSSR count). The Labute approximate surface area is 161 Å². The number of hydrogen-bond acceptors (Lipinski definition) is 5. The van der Waals surface area contributed by atoms with Crippen LogP contribution in [-0.2, 0) is 16.6 Å². The van der Waals surface area contributed by atoms with Crippen LogP contribution >= 0.6 is 0 Å². The van der Waals surface area contributed by atoms with Gasteiger partial charge in [-0.15, -0.1) is 0 Å².